The van der Waals surface area contributed by atoms with Crippen molar-refractivity contribution in [2.75, 3.05) is 5.90 Å². The van der Waals surface area contributed by atoms with E-state index in [9.17, 15) is 0 Å². The van der Waals surface area contributed by atoms with Crippen LogP contribution in [0.25, 0.3) is 0 Å². The van der Waals surface area contributed by atoms with Crippen molar-refractivity contribution in [3.8, 4) is 0 Å². The van der Waals surface area contributed by atoms with Gasteiger partial charge in [-0.25, -0.2) is 0 Å². The van der Waals surface area contributed by atoms with Gasteiger partial charge in [0.05, 0.1) is 0 Å². The smallest absolute Gasteiger partial charge is 0.00405 e. The summed E-state index contributed by atoms with van der Waals surface area (Å²) >= 11 is 1.82. The molecule has 0 atom stereocenters. The summed E-state index contributed by atoms with van der Waals surface area (Å²) in [5.74, 6) is 1.17. The third kappa shape index (κ3) is 8.70. The van der Waals surface area contributed by atoms with Crippen molar-refractivity contribution < 1.29 is 17.3 Å². The molecule has 0 bridgehead atoms. The van der Waals surface area contributed by atoms with Gasteiger partial charge < -0.3 is 0 Å². The molecule has 0 unspecified atom stereocenters. The molecule has 4 aromatic carbocycles. The van der Waals surface area contributed by atoms with Crippen LogP contribution in [0, 0.1) is 0 Å². The van der Waals surface area contributed by atoms with Crippen LogP contribution in [0.3, 0.4) is 0 Å². The van der Waals surface area contributed by atoms with Crippen molar-refractivity contribution in [2.45, 2.75) is 32.1 Å². The van der Waals surface area contributed by atoms with Gasteiger partial charge in [0.2, 0.25) is 0 Å². The molecule has 1 aliphatic carbocycles. The first kappa shape index (κ1) is 27.2. The summed E-state index contributed by atoms with van der Waals surface area (Å²) in [6.45, 7) is 0. The van der Waals surface area contributed by atoms with Crippen LogP contribution in [0.4, 0.5) is 0 Å². The van der Waals surface area contributed by atoms with Crippen molar-refractivity contribution >= 4 is 46.8 Å². The summed E-state index contributed by atoms with van der Waals surface area (Å²) in [7, 11) is 3.75. The molecular formula is C30H32ClP2Ru. The Morgan fingerprint density at radius 2 is 0.618 bits per heavy atom. The molecule has 0 nitrogen and oxygen atoms in total. The third-order valence-electron chi connectivity index (χ3n) is 5.80. The Morgan fingerprint density at radius 3 is 0.824 bits per heavy atom. The Kier molecular flexibility index (Phi) is 13.1. The van der Waals surface area contributed by atoms with Crippen molar-refractivity contribution in [3.05, 3.63) is 121 Å². The Hall–Kier alpha value is -1.35. The number of halogens is 1. The minimum Gasteiger partial charge on any atom is -0.0622 e. The van der Waals surface area contributed by atoms with Gasteiger partial charge in [0.1, 0.15) is 0 Å². The molecule has 0 N–H and O–H groups in total. The quantitative estimate of drug-likeness (QED) is 0.158. The van der Waals surface area contributed by atoms with E-state index in [0.29, 0.717) is 0 Å². The maximum absolute atomic E-state index is 4.57. The number of hydrogen-bond acceptors (Lipinski definition) is 0. The normalized spacial score (nSPS) is 12.5. The van der Waals surface area contributed by atoms with E-state index >= 15 is 0 Å². The van der Waals surface area contributed by atoms with Crippen LogP contribution in [-0.4, -0.2) is 5.90 Å². The fourth-order valence-electron chi connectivity index (χ4n) is 4.08. The van der Waals surface area contributed by atoms with Gasteiger partial charge in [0.25, 0.3) is 0 Å². The van der Waals surface area contributed by atoms with Gasteiger partial charge in [-0.2, -0.15) is 0 Å². The van der Waals surface area contributed by atoms with Crippen LogP contribution in [0.15, 0.2) is 121 Å². The molecule has 4 heteroatoms. The summed E-state index contributed by atoms with van der Waals surface area (Å²) < 4.78 is 0. The first-order valence-corrected chi connectivity index (χ1v) is 17.1. The minimum atomic E-state index is -0.409. The molecule has 34 heavy (non-hydrogen) atoms. The fraction of sp³-hybridized carbons (Fsp3) is 0.200. The predicted molar refractivity (Wildman–Crippen MR) is 152 cm³/mol. The fourth-order valence-corrected chi connectivity index (χ4v) is 10.6. The maximum atomic E-state index is 4.57. The van der Waals surface area contributed by atoms with E-state index in [4.69, 9.17) is 0 Å². The Balaban J connectivity index is 0.000000404. The molecule has 1 aliphatic rings. The van der Waals surface area contributed by atoms with Gasteiger partial charge in [-0.05, 0) is 37.1 Å². The Labute approximate surface area is 222 Å². The second-order valence-corrected chi connectivity index (χ2v) is 13.0. The Bertz CT molecular complexity index is 859. The molecule has 1 fully saturated rings. The second-order valence-electron chi connectivity index (χ2n) is 8.11. The van der Waals surface area contributed by atoms with Crippen molar-refractivity contribution in [2.24, 2.45) is 0 Å². The summed E-state index contributed by atoms with van der Waals surface area (Å²) in [5.41, 5.74) is 0. The average molecular weight is 591 g/mol. The van der Waals surface area contributed by atoms with E-state index < -0.39 is 15.8 Å². The summed E-state index contributed by atoms with van der Waals surface area (Å²) in [5, 5.41) is 5.83. The van der Waals surface area contributed by atoms with Crippen LogP contribution in [-0.2, 0) is 17.3 Å². The topological polar surface area (TPSA) is 0 Å². The van der Waals surface area contributed by atoms with Crippen LogP contribution in [0.2, 0.25) is 0 Å². The molecular weight excluding hydrogens is 559 g/mol. The predicted octanol–water partition coefficient (Wildman–Crippen LogP) is 7.85. The molecule has 5 rings (SSSR count). The average Bonchev–Trinajstić information content (AvgIpc) is 3.53. The standard InChI is InChI=1S/C25H22P2.C5H10.ClH.Ru/c1-5-13-22(14-6-1)26(23-15-7-2-8-16-23)21-27(24-17-9-3-10-18-24)25-19-11-4-12-20-25;1-2-4-5-3-1;;/h1-20H,21H2;1-5H2;1H;/q;;;+1/p-1. The molecule has 177 valence electrons. The molecule has 0 aromatic heterocycles. The van der Waals surface area contributed by atoms with Gasteiger partial charge in [-0.15, -0.1) is 0 Å². The minimum absolute atomic E-state index is 0.409. The van der Waals surface area contributed by atoms with E-state index in [1.54, 1.807) is 0 Å². The monoisotopic (exact) mass is 591 g/mol. The van der Waals surface area contributed by atoms with Gasteiger partial charge in [0, 0.05) is 5.90 Å². The van der Waals surface area contributed by atoms with E-state index in [2.05, 4.69) is 131 Å². The number of hydrogen-bond donors (Lipinski definition) is 0. The Morgan fingerprint density at radius 1 is 0.412 bits per heavy atom. The second kappa shape index (κ2) is 16.3. The molecule has 0 radical (unpaired) electrons. The van der Waals surface area contributed by atoms with Crippen LogP contribution in [0.1, 0.15) is 32.1 Å². The van der Waals surface area contributed by atoms with E-state index in [0.717, 1.165) is 0 Å². The van der Waals surface area contributed by atoms with Crippen LogP contribution in [0.5, 0.6) is 0 Å². The zero-order chi connectivity index (χ0) is 23.8. The first-order chi connectivity index (χ1) is 16.9. The van der Waals surface area contributed by atoms with Crippen molar-refractivity contribution in [1.82, 2.24) is 0 Å². The van der Waals surface area contributed by atoms with Gasteiger partial charge in [-0.1, -0.05) is 153 Å². The SMILES string of the molecule is C1CCCC1.[Cl][Ru].c1ccc(P(CP(c2ccccc2)c2ccccc2)c2ccccc2)cc1. The summed E-state index contributed by atoms with van der Waals surface area (Å²) in [6, 6.07) is 44.1. The third-order valence-corrected chi connectivity index (χ3v) is 11.8. The van der Waals surface area contributed by atoms with E-state index in [1.807, 2.05) is 17.3 Å². The van der Waals surface area contributed by atoms with Crippen LogP contribution < -0.4 is 21.2 Å². The largest absolute Gasteiger partial charge is 0.0622 e. The zero-order valence-corrected chi connectivity index (χ0v) is 23.7. The molecule has 4 aromatic rings. The van der Waals surface area contributed by atoms with Gasteiger partial charge in [0.15, 0.2) is 0 Å². The first-order valence-electron chi connectivity index (χ1n) is 11.8. The molecule has 0 heterocycles. The van der Waals surface area contributed by atoms with Crippen molar-refractivity contribution in [3.63, 3.8) is 0 Å². The number of benzene rings is 4. The van der Waals surface area contributed by atoms with Gasteiger partial charge in [-0.3, -0.25) is 0 Å². The molecule has 0 spiro atoms. The van der Waals surface area contributed by atoms with Crippen LogP contribution >= 0.6 is 25.5 Å². The summed E-state index contributed by atoms with van der Waals surface area (Å²) in [4.78, 5) is 0. The molecule has 0 amide bonds. The maximum Gasteiger partial charge on any atom is 0.00405 e. The van der Waals surface area contributed by atoms with E-state index in [-0.39, 0.29) is 0 Å². The van der Waals surface area contributed by atoms with Crippen molar-refractivity contribution in [1.29, 1.82) is 0 Å². The molecule has 0 saturated heterocycles. The molecule has 1 saturated carbocycles. The van der Waals surface area contributed by atoms with Gasteiger partial charge >= 0.3 is 27.0 Å². The molecule has 0 aliphatic heterocycles. The summed E-state index contributed by atoms with van der Waals surface area (Å²) in [6.07, 6.45) is 7.50. The van der Waals surface area contributed by atoms with E-state index in [1.165, 1.54) is 59.2 Å². The zero-order valence-electron chi connectivity index (χ0n) is 19.4. The number of rotatable bonds is 6.